The molecule has 0 saturated heterocycles. The van der Waals surface area contributed by atoms with E-state index in [0.717, 1.165) is 45.8 Å². The monoisotopic (exact) mass is 678 g/mol. The molecule has 51 heavy (non-hydrogen) atoms. The van der Waals surface area contributed by atoms with E-state index in [4.69, 9.17) is 0 Å². The van der Waals surface area contributed by atoms with E-state index in [2.05, 4.69) is 189 Å². The lowest BCUT2D eigenvalue weighted by Crippen LogP contribution is -2.13. The molecule has 0 bridgehead atoms. The fourth-order valence-corrected chi connectivity index (χ4v) is 8.27. The molecule has 0 fully saturated rings. The van der Waals surface area contributed by atoms with E-state index in [0.29, 0.717) is 0 Å². The van der Waals surface area contributed by atoms with Gasteiger partial charge in [0.2, 0.25) is 0 Å². The summed E-state index contributed by atoms with van der Waals surface area (Å²) in [5.74, 6) is 2.15. The second-order valence-corrected chi connectivity index (χ2v) is 13.6. The van der Waals surface area contributed by atoms with Crippen molar-refractivity contribution in [2.45, 2.75) is 0 Å². The van der Waals surface area contributed by atoms with E-state index >= 15 is 0 Å². The summed E-state index contributed by atoms with van der Waals surface area (Å²) in [6.45, 7) is 0. The molecule has 6 nitrogen and oxygen atoms in total. The molecular formula is C44H34N6S. The lowest BCUT2D eigenvalue weighted by atomic mass is 10.1. The Balaban J connectivity index is 1.15. The van der Waals surface area contributed by atoms with Gasteiger partial charge in [0.1, 0.15) is 11.6 Å². The standard InChI is InChI=1S/C44H34N6S/c1-47-39(31-9-5-3-6-10-31)17-19-43(47)49(33-21-25-45-26-22-33)35-13-15-37-38-16-14-36(30-42(38)51-41(37)29-35)50(34-23-27-46-28-24-34)44-20-18-40(48(44)2)32-11-7-4-8-12-32/h3-30H,1-2H3. The average Bonchev–Trinajstić information content (AvgIpc) is 3.87. The van der Waals surface area contributed by atoms with Crippen LogP contribution in [0.5, 0.6) is 0 Å². The molecule has 0 aliphatic carbocycles. The molecule has 9 aromatic rings. The van der Waals surface area contributed by atoms with Crippen LogP contribution in [0.1, 0.15) is 0 Å². The first kappa shape index (κ1) is 30.6. The van der Waals surface area contributed by atoms with Gasteiger partial charge in [-0.1, -0.05) is 72.8 Å². The van der Waals surface area contributed by atoms with Crippen molar-refractivity contribution < 1.29 is 0 Å². The quantitative estimate of drug-likeness (QED) is 0.160. The van der Waals surface area contributed by atoms with Crippen LogP contribution in [0.4, 0.5) is 34.4 Å². The second kappa shape index (κ2) is 12.8. The molecule has 0 radical (unpaired) electrons. The molecule has 0 N–H and O–H groups in total. The average molecular weight is 679 g/mol. The number of aromatic nitrogens is 4. The van der Waals surface area contributed by atoms with Crippen LogP contribution in [0.2, 0.25) is 0 Å². The maximum absolute atomic E-state index is 4.32. The molecule has 5 heterocycles. The zero-order valence-electron chi connectivity index (χ0n) is 28.3. The van der Waals surface area contributed by atoms with Gasteiger partial charge < -0.3 is 9.13 Å². The topological polar surface area (TPSA) is 42.1 Å². The normalized spacial score (nSPS) is 11.3. The zero-order chi connectivity index (χ0) is 34.3. The summed E-state index contributed by atoms with van der Waals surface area (Å²) in [6.07, 6.45) is 7.42. The molecule has 7 heteroatoms. The molecule has 0 aliphatic heterocycles. The number of hydrogen-bond acceptors (Lipinski definition) is 5. The van der Waals surface area contributed by atoms with E-state index in [1.54, 1.807) is 0 Å². The van der Waals surface area contributed by atoms with Crippen molar-refractivity contribution in [3.8, 4) is 22.5 Å². The smallest absolute Gasteiger partial charge is 0.117 e. The van der Waals surface area contributed by atoms with Crippen LogP contribution >= 0.6 is 11.3 Å². The van der Waals surface area contributed by atoms with Gasteiger partial charge in [-0.15, -0.1) is 11.3 Å². The van der Waals surface area contributed by atoms with Crippen LogP contribution in [0.25, 0.3) is 42.7 Å². The SMILES string of the molecule is Cn1c(-c2ccccc2)ccc1N(c1ccncc1)c1ccc2c(c1)sc1cc(N(c3ccncc3)c3ccc(-c4ccccc4)n3C)ccc12. The van der Waals surface area contributed by atoms with Gasteiger partial charge in [-0.25, -0.2) is 0 Å². The summed E-state index contributed by atoms with van der Waals surface area (Å²) in [5.41, 5.74) is 8.99. The molecule has 9 rings (SSSR count). The van der Waals surface area contributed by atoms with Gasteiger partial charge >= 0.3 is 0 Å². The Kier molecular flexibility index (Phi) is 7.67. The molecule has 4 aromatic carbocycles. The minimum atomic E-state index is 1.05. The number of anilines is 6. The molecule has 0 unspecified atom stereocenters. The lowest BCUT2D eigenvalue weighted by molar-refractivity contribution is 0.921. The molecule has 0 spiro atoms. The minimum Gasteiger partial charge on any atom is -0.330 e. The van der Waals surface area contributed by atoms with Crippen molar-refractivity contribution in [1.82, 2.24) is 19.1 Å². The fourth-order valence-electron chi connectivity index (χ4n) is 7.09. The van der Waals surface area contributed by atoms with Gasteiger partial charge in [-0.2, -0.15) is 0 Å². The molecule has 0 amide bonds. The number of thiophene rings is 1. The molecule has 0 atom stereocenters. The first-order valence-corrected chi connectivity index (χ1v) is 17.7. The van der Waals surface area contributed by atoms with Crippen molar-refractivity contribution in [2.75, 3.05) is 9.80 Å². The highest BCUT2D eigenvalue weighted by Crippen LogP contribution is 2.44. The first-order chi connectivity index (χ1) is 25.1. The van der Waals surface area contributed by atoms with E-state index in [1.807, 2.05) is 36.1 Å². The van der Waals surface area contributed by atoms with Crippen molar-refractivity contribution in [3.63, 3.8) is 0 Å². The van der Waals surface area contributed by atoms with Gasteiger partial charge in [-0.05, 0) is 83.9 Å². The lowest BCUT2D eigenvalue weighted by Gasteiger charge is -2.26. The predicted molar refractivity (Wildman–Crippen MR) is 213 cm³/mol. The van der Waals surface area contributed by atoms with Gasteiger partial charge in [0.15, 0.2) is 0 Å². The maximum Gasteiger partial charge on any atom is 0.117 e. The second-order valence-electron chi connectivity index (χ2n) is 12.5. The van der Waals surface area contributed by atoms with Gasteiger partial charge in [0.05, 0.1) is 11.4 Å². The minimum absolute atomic E-state index is 1.05. The number of rotatable bonds is 8. The predicted octanol–water partition coefficient (Wildman–Crippen LogP) is 11.8. The largest absolute Gasteiger partial charge is 0.330 e. The number of hydrogen-bond donors (Lipinski definition) is 0. The highest BCUT2D eigenvalue weighted by molar-refractivity contribution is 7.25. The fraction of sp³-hybridized carbons (Fsp3) is 0.0455. The molecular weight excluding hydrogens is 645 g/mol. The Morgan fingerprint density at radius 2 is 0.843 bits per heavy atom. The number of benzene rings is 4. The third-order valence-corrected chi connectivity index (χ3v) is 10.7. The maximum atomic E-state index is 4.32. The van der Waals surface area contributed by atoms with Crippen LogP contribution in [0.15, 0.2) is 170 Å². The number of nitrogens with zero attached hydrogens (tertiary/aromatic N) is 6. The van der Waals surface area contributed by atoms with E-state index < -0.39 is 0 Å². The zero-order valence-corrected chi connectivity index (χ0v) is 29.1. The van der Waals surface area contributed by atoms with Gasteiger partial charge in [0, 0.05) is 81.8 Å². The molecule has 5 aromatic heterocycles. The summed E-state index contributed by atoms with van der Waals surface area (Å²) in [6, 6.07) is 51.8. The molecule has 0 saturated carbocycles. The van der Waals surface area contributed by atoms with Crippen LogP contribution in [0.3, 0.4) is 0 Å². The number of pyridine rings is 2. The van der Waals surface area contributed by atoms with Crippen LogP contribution in [-0.4, -0.2) is 19.1 Å². The van der Waals surface area contributed by atoms with Crippen LogP contribution in [0, 0.1) is 0 Å². The molecule has 246 valence electrons. The summed E-state index contributed by atoms with van der Waals surface area (Å²) >= 11 is 1.83. The van der Waals surface area contributed by atoms with E-state index in [9.17, 15) is 0 Å². The Morgan fingerprint density at radius 1 is 0.431 bits per heavy atom. The summed E-state index contributed by atoms with van der Waals surface area (Å²) in [4.78, 5) is 13.3. The van der Waals surface area contributed by atoms with E-state index in [-0.39, 0.29) is 0 Å². The summed E-state index contributed by atoms with van der Waals surface area (Å²) < 4.78 is 6.99. The third-order valence-electron chi connectivity index (χ3n) is 9.59. The third kappa shape index (κ3) is 5.44. The van der Waals surface area contributed by atoms with Crippen molar-refractivity contribution in [2.24, 2.45) is 14.1 Å². The van der Waals surface area contributed by atoms with Crippen molar-refractivity contribution >= 4 is 65.9 Å². The van der Waals surface area contributed by atoms with E-state index in [1.165, 1.54) is 31.3 Å². The summed E-state index contributed by atoms with van der Waals surface area (Å²) in [7, 11) is 4.27. The highest BCUT2D eigenvalue weighted by Gasteiger charge is 2.21. The number of fused-ring (bicyclic) bond motifs is 3. The first-order valence-electron chi connectivity index (χ1n) is 16.9. The van der Waals surface area contributed by atoms with Crippen LogP contribution in [-0.2, 0) is 14.1 Å². The Labute approximate surface area is 300 Å². The Morgan fingerprint density at radius 3 is 1.25 bits per heavy atom. The van der Waals surface area contributed by atoms with Gasteiger partial charge in [-0.3, -0.25) is 19.8 Å². The highest BCUT2D eigenvalue weighted by atomic mass is 32.1. The Bertz CT molecular complexity index is 2430. The molecule has 0 aliphatic rings. The summed E-state index contributed by atoms with van der Waals surface area (Å²) in [5, 5.41) is 2.50. The van der Waals surface area contributed by atoms with Crippen molar-refractivity contribution in [1.29, 1.82) is 0 Å². The van der Waals surface area contributed by atoms with Gasteiger partial charge in [0.25, 0.3) is 0 Å². The van der Waals surface area contributed by atoms with Crippen LogP contribution < -0.4 is 9.80 Å². The van der Waals surface area contributed by atoms with Crippen molar-refractivity contribution in [3.05, 3.63) is 170 Å². The Hall–Kier alpha value is -6.44.